The first kappa shape index (κ1) is 11.7. The molecule has 0 aliphatic rings. The lowest BCUT2D eigenvalue weighted by Gasteiger charge is -2.22. The minimum absolute atomic E-state index is 0.641. The zero-order valence-corrected chi connectivity index (χ0v) is 10.1. The van der Waals surface area contributed by atoms with Gasteiger partial charge < -0.3 is 5.32 Å². The fraction of sp³-hybridized carbons (Fsp3) is 0.727. The molecular weight excluding hydrogens is 192 g/mol. The number of rotatable bonds is 6. The largest absolute Gasteiger partial charge is 0.314 e. The van der Waals surface area contributed by atoms with Crippen molar-refractivity contribution < 1.29 is 0 Å². The minimum Gasteiger partial charge on any atom is -0.314 e. The predicted octanol–water partition coefficient (Wildman–Crippen LogP) is 2.71. The maximum atomic E-state index is 4.10. The molecule has 1 rings (SSSR count). The number of aromatic nitrogens is 1. The Morgan fingerprint density at radius 1 is 1.50 bits per heavy atom. The predicted molar refractivity (Wildman–Crippen MR) is 62.7 cm³/mol. The number of thiazole rings is 1. The van der Waals surface area contributed by atoms with E-state index in [1.807, 2.05) is 11.7 Å². The van der Waals surface area contributed by atoms with Gasteiger partial charge in [0.05, 0.1) is 5.51 Å². The summed E-state index contributed by atoms with van der Waals surface area (Å²) in [4.78, 5) is 5.50. The average Bonchev–Trinajstić information content (AvgIpc) is 2.66. The van der Waals surface area contributed by atoms with Crippen LogP contribution in [0.25, 0.3) is 0 Å². The molecular formula is C11H20N2S. The van der Waals surface area contributed by atoms with E-state index in [0.29, 0.717) is 12.0 Å². The van der Waals surface area contributed by atoms with Gasteiger partial charge in [-0.2, -0.15) is 0 Å². The summed E-state index contributed by atoms with van der Waals surface area (Å²) in [6.45, 7) is 7.79. The van der Waals surface area contributed by atoms with E-state index >= 15 is 0 Å². The monoisotopic (exact) mass is 212 g/mol. The lowest BCUT2D eigenvalue weighted by molar-refractivity contribution is 0.372. The van der Waals surface area contributed by atoms with Gasteiger partial charge in [-0.3, -0.25) is 4.98 Å². The third-order valence-corrected chi connectivity index (χ3v) is 3.40. The highest BCUT2D eigenvalue weighted by Gasteiger charge is 2.14. The molecule has 2 nitrogen and oxygen atoms in total. The van der Waals surface area contributed by atoms with E-state index in [9.17, 15) is 0 Å². The molecule has 0 amide bonds. The van der Waals surface area contributed by atoms with Gasteiger partial charge in [-0.15, -0.1) is 11.3 Å². The molecule has 0 radical (unpaired) electrons. The molecule has 14 heavy (non-hydrogen) atoms. The second-order valence-corrected chi connectivity index (χ2v) is 4.69. The third kappa shape index (κ3) is 3.39. The van der Waals surface area contributed by atoms with Gasteiger partial charge in [-0.1, -0.05) is 20.8 Å². The van der Waals surface area contributed by atoms with Crippen LogP contribution in [0.1, 0.15) is 32.1 Å². The minimum atomic E-state index is 0.641. The van der Waals surface area contributed by atoms with Crippen LogP contribution in [0.2, 0.25) is 0 Å². The highest BCUT2D eigenvalue weighted by Crippen LogP contribution is 2.16. The molecule has 0 aliphatic carbocycles. The van der Waals surface area contributed by atoms with Crippen molar-refractivity contribution in [1.82, 2.24) is 10.3 Å². The molecule has 3 heteroatoms. The summed E-state index contributed by atoms with van der Waals surface area (Å²) >= 11 is 1.76. The smallest absolute Gasteiger partial charge is 0.0794 e. The zero-order valence-electron chi connectivity index (χ0n) is 9.29. The molecule has 0 bridgehead atoms. The van der Waals surface area contributed by atoms with E-state index in [1.165, 1.54) is 11.3 Å². The van der Waals surface area contributed by atoms with Crippen LogP contribution in [0.3, 0.4) is 0 Å². The van der Waals surface area contributed by atoms with Gasteiger partial charge in [0.15, 0.2) is 0 Å². The van der Waals surface area contributed by atoms with Crippen molar-refractivity contribution in [2.45, 2.75) is 39.7 Å². The van der Waals surface area contributed by atoms with Crippen LogP contribution in [0.15, 0.2) is 11.7 Å². The fourth-order valence-electron chi connectivity index (χ4n) is 1.81. The maximum absolute atomic E-state index is 4.10. The molecule has 2 atom stereocenters. The Morgan fingerprint density at radius 3 is 2.79 bits per heavy atom. The lowest BCUT2D eigenvalue weighted by Crippen LogP contribution is -2.35. The number of nitrogens with zero attached hydrogens (tertiary/aromatic N) is 1. The van der Waals surface area contributed by atoms with E-state index in [2.05, 4.69) is 31.1 Å². The molecule has 1 N–H and O–H groups in total. The van der Waals surface area contributed by atoms with Gasteiger partial charge in [0, 0.05) is 17.1 Å². The molecule has 1 aromatic rings. The average molecular weight is 212 g/mol. The Morgan fingerprint density at radius 2 is 2.29 bits per heavy atom. The van der Waals surface area contributed by atoms with Crippen LogP contribution in [-0.4, -0.2) is 17.6 Å². The molecule has 0 fully saturated rings. The summed E-state index contributed by atoms with van der Waals surface area (Å²) in [5.41, 5.74) is 1.91. The number of hydrogen-bond donors (Lipinski definition) is 1. The van der Waals surface area contributed by atoms with Crippen LogP contribution in [0, 0.1) is 5.92 Å². The Kier molecular flexibility index (Phi) is 5.12. The maximum Gasteiger partial charge on any atom is 0.0794 e. The molecule has 0 spiro atoms. The standard InChI is InChI=1S/C11H20N2S/c1-4-11(13-5-2)9(3)6-10-7-12-8-14-10/h7-9,11,13H,4-6H2,1-3H3. The van der Waals surface area contributed by atoms with E-state index in [4.69, 9.17) is 0 Å². The molecule has 80 valence electrons. The highest BCUT2D eigenvalue weighted by atomic mass is 32.1. The SMILES string of the molecule is CCNC(CC)C(C)Cc1cncs1. The Labute approximate surface area is 90.8 Å². The van der Waals surface area contributed by atoms with E-state index in [-0.39, 0.29) is 0 Å². The van der Waals surface area contributed by atoms with Crippen LogP contribution in [0.5, 0.6) is 0 Å². The molecule has 1 heterocycles. The van der Waals surface area contributed by atoms with Crippen LogP contribution in [-0.2, 0) is 6.42 Å². The molecule has 1 aromatic heterocycles. The van der Waals surface area contributed by atoms with Gasteiger partial charge in [0.1, 0.15) is 0 Å². The van der Waals surface area contributed by atoms with E-state index in [0.717, 1.165) is 13.0 Å². The first-order valence-electron chi connectivity index (χ1n) is 5.38. The van der Waals surface area contributed by atoms with Gasteiger partial charge in [0.25, 0.3) is 0 Å². The van der Waals surface area contributed by atoms with Crippen molar-refractivity contribution in [2.24, 2.45) is 5.92 Å². The Hall–Kier alpha value is -0.410. The van der Waals surface area contributed by atoms with Gasteiger partial charge in [-0.05, 0) is 25.3 Å². The summed E-state index contributed by atoms with van der Waals surface area (Å²) in [5, 5.41) is 3.53. The molecule has 0 aromatic carbocycles. The summed E-state index contributed by atoms with van der Waals surface area (Å²) in [6.07, 6.45) is 4.34. The highest BCUT2D eigenvalue weighted by molar-refractivity contribution is 7.09. The van der Waals surface area contributed by atoms with Crippen LogP contribution < -0.4 is 5.32 Å². The third-order valence-electron chi connectivity index (χ3n) is 2.60. The fourth-order valence-corrected chi connectivity index (χ4v) is 2.55. The molecule has 2 unspecified atom stereocenters. The second kappa shape index (κ2) is 6.14. The quantitative estimate of drug-likeness (QED) is 0.784. The van der Waals surface area contributed by atoms with Crippen molar-refractivity contribution in [3.63, 3.8) is 0 Å². The van der Waals surface area contributed by atoms with Crippen LogP contribution in [0.4, 0.5) is 0 Å². The summed E-state index contributed by atoms with van der Waals surface area (Å²) in [5.74, 6) is 0.695. The summed E-state index contributed by atoms with van der Waals surface area (Å²) < 4.78 is 0. The summed E-state index contributed by atoms with van der Waals surface area (Å²) in [6, 6.07) is 0.641. The van der Waals surface area contributed by atoms with E-state index < -0.39 is 0 Å². The number of nitrogens with one attached hydrogen (secondary N) is 1. The van der Waals surface area contributed by atoms with Gasteiger partial charge in [0.2, 0.25) is 0 Å². The van der Waals surface area contributed by atoms with Crippen molar-refractivity contribution in [3.05, 3.63) is 16.6 Å². The topological polar surface area (TPSA) is 24.9 Å². The van der Waals surface area contributed by atoms with Crippen LogP contribution >= 0.6 is 11.3 Å². The van der Waals surface area contributed by atoms with Crippen molar-refractivity contribution in [1.29, 1.82) is 0 Å². The van der Waals surface area contributed by atoms with E-state index in [1.54, 1.807) is 11.3 Å². The first-order valence-corrected chi connectivity index (χ1v) is 6.26. The second-order valence-electron chi connectivity index (χ2n) is 3.72. The lowest BCUT2D eigenvalue weighted by atomic mass is 9.95. The Balaban J connectivity index is 2.43. The molecule has 0 saturated carbocycles. The Bertz CT molecular complexity index is 233. The van der Waals surface area contributed by atoms with Crippen molar-refractivity contribution >= 4 is 11.3 Å². The van der Waals surface area contributed by atoms with Crippen molar-refractivity contribution in [2.75, 3.05) is 6.54 Å². The normalized spacial score (nSPS) is 15.4. The molecule has 0 saturated heterocycles. The zero-order chi connectivity index (χ0) is 10.4. The number of hydrogen-bond acceptors (Lipinski definition) is 3. The molecule has 0 aliphatic heterocycles. The van der Waals surface area contributed by atoms with Gasteiger partial charge in [-0.25, -0.2) is 0 Å². The van der Waals surface area contributed by atoms with Gasteiger partial charge >= 0.3 is 0 Å². The summed E-state index contributed by atoms with van der Waals surface area (Å²) in [7, 11) is 0. The first-order chi connectivity index (χ1) is 6.77. The van der Waals surface area contributed by atoms with Crippen molar-refractivity contribution in [3.8, 4) is 0 Å².